The molecule has 0 bridgehead atoms. The Morgan fingerprint density at radius 3 is 2.68 bits per heavy atom. The summed E-state index contributed by atoms with van der Waals surface area (Å²) in [5.74, 6) is 0. The van der Waals surface area contributed by atoms with Crippen molar-refractivity contribution in [2.45, 2.75) is 18.4 Å². The van der Waals surface area contributed by atoms with E-state index < -0.39 is 10.0 Å². The molecular weight excluding hydrogens is 348 g/mol. The third kappa shape index (κ3) is 3.36. The number of aryl methyl sites for hydroxylation is 1. The highest BCUT2D eigenvalue weighted by Crippen LogP contribution is 2.23. The minimum Gasteiger partial charge on any atom is -0.398 e. The van der Waals surface area contributed by atoms with Gasteiger partial charge in [-0.25, -0.2) is 13.1 Å². The average molecular weight is 361 g/mol. The zero-order valence-electron chi connectivity index (χ0n) is 10.2. The molecule has 0 aliphatic heterocycles. The van der Waals surface area contributed by atoms with Crippen LogP contribution in [0.3, 0.4) is 0 Å². The largest absolute Gasteiger partial charge is 0.398 e. The normalized spacial score (nSPS) is 11.7. The second-order valence-electron chi connectivity index (χ2n) is 4.03. The highest BCUT2D eigenvalue weighted by Gasteiger charge is 2.15. The van der Waals surface area contributed by atoms with E-state index in [9.17, 15) is 8.42 Å². The van der Waals surface area contributed by atoms with Gasteiger partial charge in [0.25, 0.3) is 0 Å². The fourth-order valence-corrected chi connectivity index (χ4v) is 3.99. The van der Waals surface area contributed by atoms with Crippen LogP contribution in [0.5, 0.6) is 0 Å². The molecule has 0 saturated heterocycles. The third-order valence-electron chi connectivity index (χ3n) is 2.67. The predicted octanol–water partition coefficient (Wildman–Crippen LogP) is 2.88. The van der Waals surface area contributed by atoms with Crippen LogP contribution in [0.25, 0.3) is 0 Å². The molecular formula is C12H13BrN2O2S2. The number of thiophene rings is 1. The summed E-state index contributed by atoms with van der Waals surface area (Å²) in [5, 5.41) is 1.94. The number of sulfonamides is 1. The second-order valence-corrected chi connectivity index (χ2v) is 7.66. The number of halogens is 1. The number of nitrogen functional groups attached to an aromatic ring is 1. The molecule has 1 aromatic carbocycles. The Morgan fingerprint density at radius 2 is 2.11 bits per heavy atom. The van der Waals surface area contributed by atoms with Gasteiger partial charge in [-0.15, -0.1) is 11.3 Å². The first-order valence-corrected chi connectivity index (χ1v) is 8.63. The molecule has 3 N–H and O–H groups in total. The molecule has 0 atom stereocenters. The molecule has 0 aliphatic rings. The summed E-state index contributed by atoms with van der Waals surface area (Å²) < 4.78 is 27.4. The summed E-state index contributed by atoms with van der Waals surface area (Å²) in [6.07, 6.45) is 0. The molecule has 0 aliphatic carbocycles. The van der Waals surface area contributed by atoms with E-state index in [0.717, 1.165) is 10.4 Å². The zero-order valence-corrected chi connectivity index (χ0v) is 13.4. The van der Waals surface area contributed by atoms with Crippen LogP contribution >= 0.6 is 27.3 Å². The van der Waals surface area contributed by atoms with Gasteiger partial charge >= 0.3 is 0 Å². The van der Waals surface area contributed by atoms with Gasteiger partial charge in [0, 0.05) is 21.6 Å². The van der Waals surface area contributed by atoms with Gasteiger partial charge in [0.05, 0.1) is 4.90 Å². The van der Waals surface area contributed by atoms with Gasteiger partial charge in [-0.2, -0.15) is 0 Å². The quantitative estimate of drug-likeness (QED) is 0.823. The van der Waals surface area contributed by atoms with E-state index in [1.54, 1.807) is 6.07 Å². The van der Waals surface area contributed by atoms with Crippen molar-refractivity contribution < 1.29 is 8.42 Å². The van der Waals surface area contributed by atoms with Crippen LogP contribution in [0, 0.1) is 6.92 Å². The van der Waals surface area contributed by atoms with Crippen molar-refractivity contribution in [2.75, 3.05) is 5.73 Å². The van der Waals surface area contributed by atoms with Gasteiger partial charge in [0.2, 0.25) is 10.0 Å². The Hall–Kier alpha value is -0.890. The summed E-state index contributed by atoms with van der Waals surface area (Å²) in [6.45, 7) is 2.26. The topological polar surface area (TPSA) is 72.2 Å². The fourth-order valence-electron chi connectivity index (χ4n) is 1.50. The Labute approximate surface area is 124 Å². The number of hydrogen-bond donors (Lipinski definition) is 2. The molecule has 1 aromatic heterocycles. The molecule has 0 unspecified atom stereocenters. The van der Waals surface area contributed by atoms with E-state index in [2.05, 4.69) is 20.7 Å². The maximum absolute atomic E-state index is 12.1. The maximum Gasteiger partial charge on any atom is 0.240 e. The van der Waals surface area contributed by atoms with Crippen molar-refractivity contribution in [3.63, 3.8) is 0 Å². The summed E-state index contributed by atoms with van der Waals surface area (Å²) in [5.41, 5.74) is 7.24. The minimum absolute atomic E-state index is 0.197. The molecule has 0 amide bonds. The van der Waals surface area contributed by atoms with Crippen LogP contribution in [0.15, 0.2) is 39.0 Å². The summed E-state index contributed by atoms with van der Waals surface area (Å²) >= 11 is 4.76. The number of benzene rings is 1. The molecule has 0 spiro atoms. The smallest absolute Gasteiger partial charge is 0.240 e. The molecule has 1 heterocycles. The summed E-state index contributed by atoms with van der Waals surface area (Å²) in [7, 11) is -3.52. The minimum atomic E-state index is -3.52. The van der Waals surface area contributed by atoms with Gasteiger partial charge < -0.3 is 5.73 Å². The Balaban J connectivity index is 2.18. The molecule has 0 radical (unpaired) electrons. The molecule has 4 nitrogen and oxygen atoms in total. The van der Waals surface area contributed by atoms with Crippen LogP contribution in [0.1, 0.15) is 10.4 Å². The van der Waals surface area contributed by atoms with Crippen LogP contribution in [0.4, 0.5) is 5.69 Å². The van der Waals surface area contributed by atoms with E-state index in [-0.39, 0.29) is 4.90 Å². The number of nitrogens with one attached hydrogen (secondary N) is 1. The number of anilines is 1. The van der Waals surface area contributed by atoms with Gasteiger partial charge in [0.15, 0.2) is 0 Å². The molecule has 19 heavy (non-hydrogen) atoms. The lowest BCUT2D eigenvalue weighted by Gasteiger charge is -2.07. The van der Waals surface area contributed by atoms with Crippen molar-refractivity contribution in [1.29, 1.82) is 0 Å². The molecule has 7 heteroatoms. The SMILES string of the molecule is Cc1ccsc1CNS(=O)(=O)c1ccc(N)c(Br)c1. The fraction of sp³-hybridized carbons (Fsp3) is 0.167. The number of nitrogens with two attached hydrogens (primary N) is 1. The van der Waals surface area contributed by atoms with Crippen molar-refractivity contribution in [2.24, 2.45) is 0 Å². The van der Waals surface area contributed by atoms with Gasteiger partial charge in [-0.3, -0.25) is 0 Å². The highest BCUT2D eigenvalue weighted by molar-refractivity contribution is 9.10. The Bertz CT molecular complexity index is 696. The van der Waals surface area contributed by atoms with Crippen molar-refractivity contribution in [3.8, 4) is 0 Å². The van der Waals surface area contributed by atoms with Crippen LogP contribution in [-0.2, 0) is 16.6 Å². The highest BCUT2D eigenvalue weighted by atomic mass is 79.9. The van der Waals surface area contributed by atoms with E-state index in [1.165, 1.54) is 23.5 Å². The van der Waals surface area contributed by atoms with E-state index in [4.69, 9.17) is 5.73 Å². The van der Waals surface area contributed by atoms with E-state index >= 15 is 0 Å². The summed E-state index contributed by atoms with van der Waals surface area (Å²) in [4.78, 5) is 1.21. The zero-order chi connectivity index (χ0) is 14.0. The lowest BCUT2D eigenvalue weighted by molar-refractivity contribution is 0.581. The van der Waals surface area contributed by atoms with E-state index in [1.807, 2.05) is 18.4 Å². The molecule has 0 saturated carbocycles. The maximum atomic E-state index is 12.1. The molecule has 2 rings (SSSR count). The van der Waals surface area contributed by atoms with Crippen molar-refractivity contribution in [1.82, 2.24) is 4.72 Å². The molecule has 2 aromatic rings. The standard InChI is InChI=1S/C12H13BrN2O2S2/c1-8-4-5-18-12(8)7-15-19(16,17)9-2-3-11(14)10(13)6-9/h2-6,15H,7,14H2,1H3. The predicted molar refractivity (Wildman–Crippen MR) is 81.6 cm³/mol. The van der Waals surface area contributed by atoms with Crippen LogP contribution in [0.2, 0.25) is 0 Å². The second kappa shape index (κ2) is 5.62. The van der Waals surface area contributed by atoms with Gasteiger partial charge in [-0.1, -0.05) is 0 Å². The third-order valence-corrected chi connectivity index (χ3v) is 5.78. The van der Waals surface area contributed by atoms with E-state index in [0.29, 0.717) is 16.7 Å². The Kier molecular flexibility index (Phi) is 4.29. The number of hydrogen-bond acceptors (Lipinski definition) is 4. The first-order valence-electron chi connectivity index (χ1n) is 5.48. The Morgan fingerprint density at radius 1 is 1.37 bits per heavy atom. The van der Waals surface area contributed by atoms with Crippen LogP contribution < -0.4 is 10.5 Å². The molecule has 102 valence electrons. The van der Waals surface area contributed by atoms with Crippen LogP contribution in [-0.4, -0.2) is 8.42 Å². The van der Waals surface area contributed by atoms with Crippen molar-refractivity contribution >= 4 is 43.0 Å². The first kappa shape index (κ1) is 14.5. The van der Waals surface area contributed by atoms with Gasteiger partial charge in [0.1, 0.15) is 0 Å². The first-order chi connectivity index (χ1) is 8.90. The van der Waals surface area contributed by atoms with Crippen molar-refractivity contribution in [3.05, 3.63) is 44.6 Å². The molecule has 0 fully saturated rings. The summed E-state index contributed by atoms with van der Waals surface area (Å²) in [6, 6.07) is 6.52. The lowest BCUT2D eigenvalue weighted by Crippen LogP contribution is -2.23. The average Bonchev–Trinajstić information content (AvgIpc) is 2.76. The monoisotopic (exact) mass is 360 g/mol. The van der Waals surface area contributed by atoms with Gasteiger partial charge in [-0.05, 0) is 58.1 Å². The lowest BCUT2D eigenvalue weighted by atomic mass is 10.3. The number of rotatable bonds is 4.